The van der Waals surface area contributed by atoms with Crippen LogP contribution >= 0.6 is 0 Å². The van der Waals surface area contributed by atoms with Gasteiger partial charge in [0, 0.05) is 39.3 Å². The fraction of sp³-hybridized carbons (Fsp3) is 0.391. The molecule has 5 heteroatoms. The van der Waals surface area contributed by atoms with Gasteiger partial charge in [0.2, 0.25) is 11.8 Å². The molecule has 28 heavy (non-hydrogen) atoms. The second-order valence-electron chi connectivity index (χ2n) is 7.80. The van der Waals surface area contributed by atoms with Crippen LogP contribution in [0.25, 0.3) is 0 Å². The Morgan fingerprint density at radius 1 is 0.821 bits per heavy atom. The van der Waals surface area contributed by atoms with Gasteiger partial charge in [0.25, 0.3) is 0 Å². The molecule has 1 heterocycles. The molecule has 2 amide bonds. The van der Waals surface area contributed by atoms with Crippen molar-refractivity contribution in [3.63, 3.8) is 0 Å². The van der Waals surface area contributed by atoms with Crippen molar-refractivity contribution in [3.8, 4) is 0 Å². The first kappa shape index (κ1) is 18.7. The molecule has 146 valence electrons. The molecule has 1 saturated carbocycles. The highest BCUT2D eigenvalue weighted by Gasteiger charge is 2.58. The first-order valence-electron chi connectivity index (χ1n) is 10.1. The lowest BCUT2D eigenvalue weighted by molar-refractivity contribution is -0.145. The Kier molecular flexibility index (Phi) is 5.44. The molecule has 0 spiro atoms. The van der Waals surface area contributed by atoms with E-state index in [0.717, 1.165) is 25.2 Å². The lowest BCUT2D eigenvalue weighted by atomic mass is 10.0. The monoisotopic (exact) mass is 377 g/mol. The SMILES string of the molecule is O=C(NCc1ccccc1)C1(C(=O)N2CCN(Cc3ccccc3)CC2)CC1. The number of nitrogens with one attached hydrogen (secondary N) is 1. The topological polar surface area (TPSA) is 52.7 Å². The molecule has 0 atom stereocenters. The molecular formula is C23H27N3O2. The van der Waals surface area contributed by atoms with Gasteiger partial charge in [0.05, 0.1) is 0 Å². The van der Waals surface area contributed by atoms with E-state index in [2.05, 4.69) is 34.5 Å². The number of hydrogen-bond acceptors (Lipinski definition) is 3. The molecule has 1 aliphatic carbocycles. The van der Waals surface area contributed by atoms with Gasteiger partial charge < -0.3 is 10.2 Å². The van der Waals surface area contributed by atoms with Crippen LogP contribution in [0.3, 0.4) is 0 Å². The Bertz CT molecular complexity index is 810. The highest BCUT2D eigenvalue weighted by Crippen LogP contribution is 2.47. The largest absolute Gasteiger partial charge is 0.351 e. The van der Waals surface area contributed by atoms with E-state index in [9.17, 15) is 9.59 Å². The molecule has 2 aromatic carbocycles. The third-order valence-electron chi connectivity index (χ3n) is 5.80. The van der Waals surface area contributed by atoms with Crippen LogP contribution in [-0.4, -0.2) is 47.8 Å². The van der Waals surface area contributed by atoms with Crippen LogP contribution in [0.15, 0.2) is 60.7 Å². The van der Waals surface area contributed by atoms with Crippen molar-refractivity contribution in [2.45, 2.75) is 25.9 Å². The summed E-state index contributed by atoms with van der Waals surface area (Å²) < 4.78 is 0. The minimum atomic E-state index is -0.823. The van der Waals surface area contributed by atoms with Gasteiger partial charge in [-0.15, -0.1) is 0 Å². The van der Waals surface area contributed by atoms with Crippen LogP contribution in [0.2, 0.25) is 0 Å². The number of amides is 2. The second kappa shape index (κ2) is 8.15. The molecule has 0 unspecified atom stereocenters. The van der Waals surface area contributed by atoms with E-state index in [1.807, 2.05) is 41.3 Å². The van der Waals surface area contributed by atoms with Gasteiger partial charge in [0.1, 0.15) is 5.41 Å². The van der Waals surface area contributed by atoms with Crippen LogP contribution < -0.4 is 5.32 Å². The average molecular weight is 377 g/mol. The summed E-state index contributed by atoms with van der Waals surface area (Å²) in [6.07, 6.45) is 1.33. The average Bonchev–Trinajstić information content (AvgIpc) is 3.56. The summed E-state index contributed by atoms with van der Waals surface area (Å²) in [5, 5.41) is 2.97. The first-order valence-corrected chi connectivity index (χ1v) is 10.1. The third kappa shape index (κ3) is 4.09. The summed E-state index contributed by atoms with van der Waals surface area (Å²) in [4.78, 5) is 30.0. The Balaban J connectivity index is 1.29. The molecule has 2 fully saturated rings. The van der Waals surface area contributed by atoms with E-state index < -0.39 is 5.41 Å². The Morgan fingerprint density at radius 3 is 1.96 bits per heavy atom. The van der Waals surface area contributed by atoms with Gasteiger partial charge in [-0.2, -0.15) is 0 Å². The Morgan fingerprint density at radius 2 is 1.39 bits per heavy atom. The van der Waals surface area contributed by atoms with Gasteiger partial charge in [-0.3, -0.25) is 14.5 Å². The van der Waals surface area contributed by atoms with Crippen molar-refractivity contribution in [1.29, 1.82) is 0 Å². The normalized spacial score (nSPS) is 18.5. The predicted molar refractivity (Wildman–Crippen MR) is 108 cm³/mol. The summed E-state index contributed by atoms with van der Waals surface area (Å²) in [5.74, 6) is -0.106. The zero-order valence-electron chi connectivity index (χ0n) is 16.1. The summed E-state index contributed by atoms with van der Waals surface area (Å²) in [6.45, 7) is 4.47. The smallest absolute Gasteiger partial charge is 0.238 e. The minimum Gasteiger partial charge on any atom is -0.351 e. The number of carbonyl (C=O) groups is 2. The van der Waals surface area contributed by atoms with Crippen molar-refractivity contribution in [1.82, 2.24) is 15.1 Å². The van der Waals surface area contributed by atoms with Crippen molar-refractivity contribution in [3.05, 3.63) is 71.8 Å². The standard InChI is InChI=1S/C23H27N3O2/c27-21(24-17-19-7-3-1-4-8-19)23(11-12-23)22(28)26-15-13-25(14-16-26)18-20-9-5-2-6-10-20/h1-10H,11-18H2,(H,24,27). The van der Waals surface area contributed by atoms with Crippen molar-refractivity contribution in [2.24, 2.45) is 5.41 Å². The molecule has 0 radical (unpaired) electrons. The van der Waals surface area contributed by atoms with Crippen molar-refractivity contribution in [2.75, 3.05) is 26.2 Å². The van der Waals surface area contributed by atoms with E-state index in [0.29, 0.717) is 32.5 Å². The van der Waals surface area contributed by atoms with E-state index in [4.69, 9.17) is 0 Å². The van der Waals surface area contributed by atoms with Crippen molar-refractivity contribution >= 4 is 11.8 Å². The molecule has 0 bridgehead atoms. The highest BCUT2D eigenvalue weighted by atomic mass is 16.2. The molecule has 2 aromatic rings. The predicted octanol–water partition coefficient (Wildman–Crippen LogP) is 2.43. The lowest BCUT2D eigenvalue weighted by Gasteiger charge is -2.36. The molecule has 0 aromatic heterocycles. The van der Waals surface area contributed by atoms with Gasteiger partial charge in [-0.1, -0.05) is 60.7 Å². The van der Waals surface area contributed by atoms with Crippen LogP contribution in [0, 0.1) is 5.41 Å². The number of piperazine rings is 1. The van der Waals surface area contributed by atoms with E-state index in [1.165, 1.54) is 5.56 Å². The van der Waals surface area contributed by atoms with Gasteiger partial charge in [-0.05, 0) is 24.0 Å². The van der Waals surface area contributed by atoms with Gasteiger partial charge in [-0.25, -0.2) is 0 Å². The van der Waals surface area contributed by atoms with E-state index >= 15 is 0 Å². The van der Waals surface area contributed by atoms with Crippen LogP contribution in [-0.2, 0) is 22.7 Å². The quantitative estimate of drug-likeness (QED) is 0.787. The minimum absolute atomic E-state index is 0.0115. The van der Waals surface area contributed by atoms with Gasteiger partial charge >= 0.3 is 0 Å². The zero-order chi connectivity index (χ0) is 19.4. The third-order valence-corrected chi connectivity index (χ3v) is 5.80. The maximum absolute atomic E-state index is 13.0. The number of hydrogen-bond donors (Lipinski definition) is 1. The number of rotatable bonds is 6. The molecule has 5 nitrogen and oxygen atoms in total. The van der Waals surface area contributed by atoms with E-state index in [1.54, 1.807) is 0 Å². The summed E-state index contributed by atoms with van der Waals surface area (Å²) in [5.41, 5.74) is 1.52. The molecule has 1 aliphatic heterocycles. The Hall–Kier alpha value is -2.66. The van der Waals surface area contributed by atoms with Crippen LogP contribution in [0.4, 0.5) is 0 Å². The fourth-order valence-electron chi connectivity index (χ4n) is 3.86. The Labute approximate surface area is 166 Å². The zero-order valence-corrected chi connectivity index (χ0v) is 16.1. The molecule has 1 N–H and O–H groups in total. The number of benzene rings is 2. The maximum Gasteiger partial charge on any atom is 0.238 e. The summed E-state index contributed by atoms with van der Waals surface area (Å²) in [6, 6.07) is 20.2. The summed E-state index contributed by atoms with van der Waals surface area (Å²) >= 11 is 0. The van der Waals surface area contributed by atoms with Crippen LogP contribution in [0.5, 0.6) is 0 Å². The molecule has 1 saturated heterocycles. The summed E-state index contributed by atoms with van der Waals surface area (Å²) in [7, 11) is 0. The second-order valence-corrected chi connectivity index (χ2v) is 7.80. The van der Waals surface area contributed by atoms with Crippen molar-refractivity contribution < 1.29 is 9.59 Å². The first-order chi connectivity index (χ1) is 13.7. The molecular weight excluding hydrogens is 350 g/mol. The maximum atomic E-state index is 13.0. The number of nitrogens with zero attached hydrogens (tertiary/aromatic N) is 2. The van der Waals surface area contributed by atoms with E-state index in [-0.39, 0.29) is 11.8 Å². The molecule has 2 aliphatic rings. The van der Waals surface area contributed by atoms with Crippen LogP contribution in [0.1, 0.15) is 24.0 Å². The molecule has 4 rings (SSSR count). The van der Waals surface area contributed by atoms with Gasteiger partial charge in [0.15, 0.2) is 0 Å². The lowest BCUT2D eigenvalue weighted by Crippen LogP contribution is -2.52. The number of carbonyl (C=O) groups excluding carboxylic acids is 2. The fourth-order valence-corrected chi connectivity index (χ4v) is 3.86. The highest BCUT2D eigenvalue weighted by molar-refractivity contribution is 6.07.